The third kappa shape index (κ3) is 4.46. The van der Waals surface area contributed by atoms with E-state index in [0.717, 1.165) is 5.82 Å². The van der Waals surface area contributed by atoms with Gasteiger partial charge in [-0.2, -0.15) is 5.10 Å². The minimum atomic E-state index is -2.98. The largest absolute Gasteiger partial charge is 0.336 e. The molecule has 0 radical (unpaired) electrons. The number of hydrogen-bond acceptors (Lipinski definition) is 6. The summed E-state index contributed by atoms with van der Waals surface area (Å²) in [4.78, 5) is 16.7. The summed E-state index contributed by atoms with van der Waals surface area (Å²) in [5, 5.41) is 5.25. The Morgan fingerprint density at radius 1 is 1.20 bits per heavy atom. The highest BCUT2D eigenvalue weighted by atomic mass is 35.5. The molecular formula is C19H24ClN5O3S2. The molecule has 1 atom stereocenters. The van der Waals surface area contributed by atoms with Gasteiger partial charge in [0.15, 0.2) is 14.6 Å². The van der Waals surface area contributed by atoms with Crippen molar-refractivity contribution >= 4 is 39.6 Å². The molecule has 2 saturated heterocycles. The number of carbonyl (C=O) groups excluding carboxylic acids is 1. The lowest BCUT2D eigenvalue weighted by Gasteiger charge is -2.34. The highest BCUT2D eigenvalue weighted by molar-refractivity contribution is 7.91. The summed E-state index contributed by atoms with van der Waals surface area (Å²) in [6.07, 6.45) is 0.591. The topological polar surface area (TPSA) is 80.4 Å². The maximum Gasteiger partial charge on any atom is 0.253 e. The van der Waals surface area contributed by atoms with Gasteiger partial charge in [0.05, 0.1) is 18.2 Å². The lowest BCUT2D eigenvalue weighted by molar-refractivity contribution is 0.0585. The molecule has 11 heteroatoms. The van der Waals surface area contributed by atoms with Crippen molar-refractivity contribution in [2.24, 2.45) is 7.05 Å². The minimum Gasteiger partial charge on any atom is -0.336 e. The third-order valence-corrected chi connectivity index (χ3v) is 8.26. The predicted molar refractivity (Wildman–Crippen MR) is 117 cm³/mol. The number of aromatic nitrogens is 3. The number of nitrogens with zero attached hydrogens (tertiary/aromatic N) is 5. The van der Waals surface area contributed by atoms with Crippen LogP contribution in [0.3, 0.4) is 0 Å². The number of hydrogen-bond donors (Lipinski definition) is 0. The second kappa shape index (κ2) is 8.41. The van der Waals surface area contributed by atoms with Crippen LogP contribution in [-0.4, -0.2) is 76.2 Å². The molecule has 4 rings (SSSR count). The maximum atomic E-state index is 12.7. The first-order valence-electron chi connectivity index (χ1n) is 9.85. The molecule has 1 unspecified atom stereocenters. The van der Waals surface area contributed by atoms with Gasteiger partial charge in [-0.15, -0.1) is 0 Å². The van der Waals surface area contributed by atoms with Gasteiger partial charge < -0.3 is 9.47 Å². The first kappa shape index (κ1) is 21.5. The Bertz CT molecular complexity index is 1100. The van der Waals surface area contributed by atoms with Crippen molar-refractivity contribution in [3.05, 3.63) is 45.4 Å². The first-order valence-corrected chi connectivity index (χ1v) is 12.5. The van der Waals surface area contributed by atoms with Gasteiger partial charge in [-0.05, 0) is 42.9 Å². The summed E-state index contributed by atoms with van der Waals surface area (Å²) in [5.74, 6) is 0.985. The molecule has 0 bridgehead atoms. The molecule has 2 aromatic rings. The van der Waals surface area contributed by atoms with Crippen LogP contribution >= 0.6 is 23.8 Å². The van der Waals surface area contributed by atoms with E-state index in [0.29, 0.717) is 54.6 Å². The standard InChI is InChI=1S/C19H24ClN5O3S2/c1-22-17(15-6-11-30(27,28)12-15)21-25(19(22)29)13-23-7-9-24(10-8-23)18(26)14-2-4-16(20)5-3-14/h2-5,15H,6-13H2,1H3. The quantitative estimate of drug-likeness (QED) is 0.636. The second-order valence-electron chi connectivity index (χ2n) is 7.86. The van der Waals surface area contributed by atoms with E-state index in [4.69, 9.17) is 23.8 Å². The molecule has 2 aliphatic rings. The van der Waals surface area contributed by atoms with Gasteiger partial charge in [-0.3, -0.25) is 9.69 Å². The lowest BCUT2D eigenvalue weighted by Crippen LogP contribution is -2.49. The molecule has 0 N–H and O–H groups in total. The Morgan fingerprint density at radius 2 is 1.87 bits per heavy atom. The number of sulfone groups is 1. The molecule has 1 amide bonds. The van der Waals surface area contributed by atoms with E-state index in [1.54, 1.807) is 28.9 Å². The zero-order valence-electron chi connectivity index (χ0n) is 16.7. The van der Waals surface area contributed by atoms with E-state index in [9.17, 15) is 13.2 Å². The van der Waals surface area contributed by atoms with E-state index in [2.05, 4.69) is 10.00 Å². The van der Waals surface area contributed by atoms with E-state index >= 15 is 0 Å². The predicted octanol–water partition coefficient (Wildman–Crippen LogP) is 1.92. The number of halogens is 1. The van der Waals surface area contributed by atoms with Crippen molar-refractivity contribution in [1.82, 2.24) is 24.1 Å². The van der Waals surface area contributed by atoms with Crippen LogP contribution < -0.4 is 0 Å². The molecule has 1 aromatic carbocycles. The van der Waals surface area contributed by atoms with Crippen molar-refractivity contribution < 1.29 is 13.2 Å². The van der Waals surface area contributed by atoms with Crippen molar-refractivity contribution in [3.8, 4) is 0 Å². The maximum absolute atomic E-state index is 12.7. The van der Waals surface area contributed by atoms with Gasteiger partial charge in [-0.1, -0.05) is 11.6 Å². The SMILES string of the molecule is Cn1c(C2CCS(=O)(=O)C2)nn(CN2CCN(C(=O)c3ccc(Cl)cc3)CC2)c1=S. The molecule has 8 nitrogen and oxygen atoms in total. The Labute approximate surface area is 185 Å². The summed E-state index contributed by atoms with van der Waals surface area (Å²) in [5.41, 5.74) is 0.635. The van der Waals surface area contributed by atoms with E-state index in [-0.39, 0.29) is 23.3 Å². The molecule has 2 aliphatic heterocycles. The van der Waals surface area contributed by atoms with Crippen molar-refractivity contribution in [3.63, 3.8) is 0 Å². The average molecular weight is 470 g/mol. The van der Waals surface area contributed by atoms with Gasteiger partial charge in [0.25, 0.3) is 5.91 Å². The molecule has 162 valence electrons. The Kier molecular flexibility index (Phi) is 6.02. The lowest BCUT2D eigenvalue weighted by atomic mass is 10.1. The Hall–Kier alpha value is -1.75. The highest BCUT2D eigenvalue weighted by Gasteiger charge is 2.32. The Balaban J connectivity index is 1.38. The summed E-state index contributed by atoms with van der Waals surface area (Å²) in [6, 6.07) is 6.94. The molecule has 30 heavy (non-hydrogen) atoms. The zero-order chi connectivity index (χ0) is 21.5. The van der Waals surface area contributed by atoms with Crippen LogP contribution in [0.25, 0.3) is 0 Å². The van der Waals surface area contributed by atoms with Crippen LogP contribution in [0.5, 0.6) is 0 Å². The average Bonchev–Trinajstić information content (AvgIpc) is 3.22. The molecule has 0 saturated carbocycles. The van der Waals surface area contributed by atoms with Crippen LogP contribution in [0, 0.1) is 4.77 Å². The van der Waals surface area contributed by atoms with E-state index in [1.807, 2.05) is 16.5 Å². The van der Waals surface area contributed by atoms with Crippen molar-refractivity contribution in [1.29, 1.82) is 0 Å². The Morgan fingerprint density at radius 3 is 2.47 bits per heavy atom. The molecule has 0 spiro atoms. The summed E-state index contributed by atoms with van der Waals surface area (Å²) < 4.78 is 27.8. The van der Waals surface area contributed by atoms with Crippen molar-refractivity contribution in [2.75, 3.05) is 37.7 Å². The molecule has 3 heterocycles. The molecular weight excluding hydrogens is 446 g/mol. The molecule has 1 aromatic heterocycles. The minimum absolute atomic E-state index is 0.00509. The van der Waals surface area contributed by atoms with E-state index in [1.165, 1.54) is 0 Å². The fraction of sp³-hybridized carbons (Fsp3) is 0.526. The van der Waals surface area contributed by atoms with Gasteiger partial charge in [-0.25, -0.2) is 13.1 Å². The summed E-state index contributed by atoms with van der Waals surface area (Å²) in [6.45, 7) is 3.19. The van der Waals surface area contributed by atoms with Crippen LogP contribution in [0.15, 0.2) is 24.3 Å². The number of benzene rings is 1. The summed E-state index contributed by atoms with van der Waals surface area (Å²) >= 11 is 11.4. The van der Waals surface area contributed by atoms with Crippen LogP contribution in [0.1, 0.15) is 28.5 Å². The van der Waals surface area contributed by atoms with E-state index < -0.39 is 9.84 Å². The van der Waals surface area contributed by atoms with Crippen LogP contribution in [0.4, 0.5) is 0 Å². The molecule has 0 aliphatic carbocycles. The zero-order valence-corrected chi connectivity index (χ0v) is 19.1. The molecule has 2 fully saturated rings. The smallest absolute Gasteiger partial charge is 0.253 e. The fourth-order valence-corrected chi connectivity index (χ4v) is 6.06. The third-order valence-electron chi connectivity index (χ3n) is 5.76. The number of piperazine rings is 1. The van der Waals surface area contributed by atoms with Gasteiger partial charge >= 0.3 is 0 Å². The number of carbonyl (C=O) groups is 1. The first-order chi connectivity index (χ1) is 14.2. The highest BCUT2D eigenvalue weighted by Crippen LogP contribution is 2.27. The van der Waals surface area contributed by atoms with Gasteiger partial charge in [0.2, 0.25) is 0 Å². The fourth-order valence-electron chi connectivity index (χ4n) is 4.01. The number of rotatable bonds is 4. The van der Waals surface area contributed by atoms with Crippen LogP contribution in [-0.2, 0) is 23.6 Å². The summed E-state index contributed by atoms with van der Waals surface area (Å²) in [7, 11) is -1.14. The van der Waals surface area contributed by atoms with Gasteiger partial charge in [0.1, 0.15) is 5.82 Å². The number of amides is 1. The second-order valence-corrected chi connectivity index (χ2v) is 10.9. The van der Waals surface area contributed by atoms with Gasteiger partial charge in [0, 0.05) is 49.7 Å². The normalized spacial score (nSPS) is 21.8. The van der Waals surface area contributed by atoms with Crippen molar-refractivity contribution in [2.45, 2.75) is 19.0 Å². The monoisotopic (exact) mass is 469 g/mol. The van der Waals surface area contributed by atoms with Crippen LogP contribution in [0.2, 0.25) is 5.02 Å².